The topological polar surface area (TPSA) is 94.5 Å². The number of halogens is 2. The number of nitrogens with one attached hydrogen (secondary N) is 3. The predicted octanol–water partition coefficient (Wildman–Crippen LogP) is 5.54. The number of anilines is 2. The molecule has 0 atom stereocenters. The molecule has 34 heavy (non-hydrogen) atoms. The van der Waals surface area contributed by atoms with Crippen LogP contribution < -0.4 is 15.4 Å². The number of hydrogen-bond acceptors (Lipinski definition) is 4. The van der Waals surface area contributed by atoms with Gasteiger partial charge in [-0.2, -0.15) is 0 Å². The Morgan fingerprint density at radius 2 is 1.53 bits per heavy atom. The number of amides is 2. The molecule has 2 amide bonds. The summed E-state index contributed by atoms with van der Waals surface area (Å²) in [5.74, 6) is -0.211. The van der Waals surface area contributed by atoms with Crippen LogP contribution in [0, 0.1) is 5.41 Å². The molecular weight excluding hydrogens is 475 g/mol. The Labute approximate surface area is 207 Å². The highest BCUT2D eigenvalue weighted by Crippen LogP contribution is 2.33. The van der Waals surface area contributed by atoms with Crippen LogP contribution >= 0.6 is 23.2 Å². The molecule has 1 saturated heterocycles. The maximum Gasteiger partial charge on any atom is 0.257 e. The number of hydrogen-bond donors (Lipinski definition) is 3. The summed E-state index contributed by atoms with van der Waals surface area (Å²) in [5.41, 5.74) is 1.99. The van der Waals surface area contributed by atoms with Gasteiger partial charge in [-0.1, -0.05) is 35.3 Å². The molecule has 1 fully saturated rings. The molecule has 0 aliphatic carbocycles. The second-order valence-electron chi connectivity index (χ2n) is 7.71. The van der Waals surface area contributed by atoms with E-state index in [1.807, 2.05) is 4.90 Å². The van der Waals surface area contributed by atoms with Gasteiger partial charge in [-0.05, 0) is 48.9 Å². The number of amidine groups is 1. The van der Waals surface area contributed by atoms with Crippen LogP contribution in [0.25, 0.3) is 0 Å². The third-order valence-electron chi connectivity index (χ3n) is 5.46. The summed E-state index contributed by atoms with van der Waals surface area (Å²) in [4.78, 5) is 28.0. The molecule has 0 saturated carbocycles. The Balaban J connectivity index is 1.57. The van der Waals surface area contributed by atoms with Gasteiger partial charge in [0.1, 0.15) is 11.6 Å². The van der Waals surface area contributed by atoms with Crippen LogP contribution in [0.1, 0.15) is 32.7 Å². The molecule has 174 valence electrons. The van der Waals surface area contributed by atoms with E-state index in [9.17, 15) is 9.59 Å². The molecule has 3 N–H and O–H groups in total. The van der Waals surface area contributed by atoms with E-state index in [-0.39, 0.29) is 22.0 Å². The summed E-state index contributed by atoms with van der Waals surface area (Å²) in [6, 6.07) is 16.4. The fourth-order valence-corrected chi connectivity index (χ4v) is 3.80. The lowest BCUT2D eigenvalue weighted by molar-refractivity contribution is 0.102. The summed E-state index contributed by atoms with van der Waals surface area (Å²) >= 11 is 12.1. The smallest absolute Gasteiger partial charge is 0.257 e. The van der Waals surface area contributed by atoms with E-state index in [4.69, 9.17) is 33.3 Å². The molecule has 0 bridgehead atoms. The highest BCUT2D eigenvalue weighted by Gasteiger charge is 2.22. The molecular formula is C25H22Cl2N4O3. The van der Waals surface area contributed by atoms with Crippen LogP contribution in [0.3, 0.4) is 0 Å². The molecule has 0 unspecified atom stereocenters. The zero-order valence-corrected chi connectivity index (χ0v) is 19.8. The molecule has 9 heteroatoms. The van der Waals surface area contributed by atoms with Gasteiger partial charge in [0.2, 0.25) is 0 Å². The lowest BCUT2D eigenvalue weighted by atomic mass is 10.1. The van der Waals surface area contributed by atoms with Crippen molar-refractivity contribution in [1.29, 1.82) is 5.41 Å². The van der Waals surface area contributed by atoms with Crippen LogP contribution in [-0.4, -0.2) is 42.7 Å². The van der Waals surface area contributed by atoms with Crippen molar-refractivity contribution in [3.05, 3.63) is 87.4 Å². The molecule has 3 aromatic rings. The van der Waals surface area contributed by atoms with Gasteiger partial charge in [-0.3, -0.25) is 15.0 Å². The average Bonchev–Trinajstić information content (AvgIpc) is 2.80. The van der Waals surface area contributed by atoms with Crippen molar-refractivity contribution < 1.29 is 14.3 Å². The van der Waals surface area contributed by atoms with Crippen LogP contribution in [0.2, 0.25) is 10.0 Å². The Kier molecular flexibility index (Phi) is 7.05. The standard InChI is InChI=1S/C25H22Cl2N4O3/c1-34-21-14-18(27)13-20(25(33)29-19-9-7-17(26)8-10-19)22(21)30-24(32)16-5-3-15(4-6-16)23(28)31-11-2-12-31/h3-10,13-14,28H,2,11-12H2,1H3,(H,29,33)(H,30,32). The Morgan fingerprint density at radius 1 is 0.882 bits per heavy atom. The minimum Gasteiger partial charge on any atom is -0.494 e. The van der Waals surface area contributed by atoms with E-state index < -0.39 is 11.8 Å². The van der Waals surface area contributed by atoms with Gasteiger partial charge >= 0.3 is 0 Å². The van der Waals surface area contributed by atoms with Crippen molar-refractivity contribution >= 4 is 52.2 Å². The van der Waals surface area contributed by atoms with E-state index in [1.165, 1.54) is 19.2 Å². The Bertz CT molecular complexity index is 1240. The Hall–Kier alpha value is -3.55. The molecule has 3 aromatic carbocycles. The molecule has 0 aromatic heterocycles. The van der Waals surface area contributed by atoms with Gasteiger partial charge in [-0.25, -0.2) is 0 Å². The van der Waals surface area contributed by atoms with Crippen molar-refractivity contribution in [2.75, 3.05) is 30.8 Å². The average molecular weight is 497 g/mol. The lowest BCUT2D eigenvalue weighted by Gasteiger charge is -2.33. The summed E-state index contributed by atoms with van der Waals surface area (Å²) in [5, 5.41) is 14.6. The summed E-state index contributed by atoms with van der Waals surface area (Å²) in [6.07, 6.45) is 1.08. The number of benzene rings is 3. The summed E-state index contributed by atoms with van der Waals surface area (Å²) < 4.78 is 5.39. The van der Waals surface area contributed by atoms with Crippen LogP contribution in [0.5, 0.6) is 5.75 Å². The van der Waals surface area contributed by atoms with E-state index in [0.717, 1.165) is 25.1 Å². The predicted molar refractivity (Wildman–Crippen MR) is 135 cm³/mol. The molecule has 1 aliphatic heterocycles. The number of methoxy groups -OCH3 is 1. The molecule has 7 nitrogen and oxygen atoms in total. The van der Waals surface area contributed by atoms with Crippen LogP contribution in [0.4, 0.5) is 11.4 Å². The second kappa shape index (κ2) is 10.2. The van der Waals surface area contributed by atoms with E-state index in [2.05, 4.69) is 10.6 Å². The highest BCUT2D eigenvalue weighted by atomic mass is 35.5. The lowest BCUT2D eigenvalue weighted by Crippen LogP contribution is -2.42. The summed E-state index contributed by atoms with van der Waals surface area (Å²) in [6.45, 7) is 1.75. The first-order valence-corrected chi connectivity index (χ1v) is 11.3. The largest absolute Gasteiger partial charge is 0.494 e. The number of nitrogens with zero attached hydrogens (tertiary/aromatic N) is 1. The van der Waals surface area contributed by atoms with Crippen molar-refractivity contribution in [2.24, 2.45) is 0 Å². The summed E-state index contributed by atoms with van der Waals surface area (Å²) in [7, 11) is 1.43. The highest BCUT2D eigenvalue weighted by molar-refractivity contribution is 6.32. The van der Waals surface area contributed by atoms with Gasteiger partial charge < -0.3 is 20.3 Å². The minimum atomic E-state index is -0.475. The monoisotopic (exact) mass is 496 g/mol. The van der Waals surface area contributed by atoms with Gasteiger partial charge in [-0.15, -0.1) is 0 Å². The zero-order chi connectivity index (χ0) is 24.2. The number of carbonyl (C=O) groups is 2. The fourth-order valence-electron chi connectivity index (χ4n) is 3.47. The molecule has 0 radical (unpaired) electrons. The quantitative estimate of drug-likeness (QED) is 0.308. The fraction of sp³-hybridized carbons (Fsp3) is 0.160. The number of carbonyl (C=O) groups excluding carboxylic acids is 2. The van der Waals surface area contributed by atoms with E-state index in [1.54, 1.807) is 48.5 Å². The maximum absolute atomic E-state index is 13.0. The third kappa shape index (κ3) is 5.16. The van der Waals surface area contributed by atoms with Gasteiger partial charge in [0, 0.05) is 46.0 Å². The molecule has 0 spiro atoms. The van der Waals surface area contributed by atoms with Gasteiger partial charge in [0.05, 0.1) is 18.4 Å². The van der Waals surface area contributed by atoms with Crippen molar-refractivity contribution in [3.63, 3.8) is 0 Å². The second-order valence-corrected chi connectivity index (χ2v) is 8.59. The van der Waals surface area contributed by atoms with Crippen molar-refractivity contribution in [2.45, 2.75) is 6.42 Å². The van der Waals surface area contributed by atoms with E-state index in [0.29, 0.717) is 22.1 Å². The molecule has 1 heterocycles. The first-order valence-electron chi connectivity index (χ1n) is 10.6. The number of rotatable bonds is 6. The molecule has 4 rings (SSSR count). The SMILES string of the molecule is COc1cc(Cl)cc(C(=O)Nc2ccc(Cl)cc2)c1NC(=O)c1ccc(C(=N)N2CCC2)cc1. The van der Waals surface area contributed by atoms with Crippen molar-refractivity contribution in [1.82, 2.24) is 4.90 Å². The van der Waals surface area contributed by atoms with Crippen LogP contribution in [0.15, 0.2) is 60.7 Å². The zero-order valence-electron chi connectivity index (χ0n) is 18.3. The van der Waals surface area contributed by atoms with Crippen molar-refractivity contribution in [3.8, 4) is 5.75 Å². The molecule has 1 aliphatic rings. The maximum atomic E-state index is 13.0. The van der Waals surface area contributed by atoms with Gasteiger partial charge in [0.15, 0.2) is 0 Å². The minimum absolute atomic E-state index is 0.142. The normalized spacial score (nSPS) is 12.5. The van der Waals surface area contributed by atoms with Crippen LogP contribution in [-0.2, 0) is 0 Å². The van der Waals surface area contributed by atoms with Gasteiger partial charge in [0.25, 0.3) is 11.8 Å². The number of ether oxygens (including phenoxy) is 1. The number of likely N-dealkylation sites (tertiary alicyclic amines) is 1. The first kappa shape index (κ1) is 23.6. The first-order chi connectivity index (χ1) is 16.4. The van der Waals surface area contributed by atoms with E-state index >= 15 is 0 Å². The Morgan fingerprint density at radius 3 is 2.12 bits per heavy atom. The third-order valence-corrected chi connectivity index (χ3v) is 5.94.